The van der Waals surface area contributed by atoms with E-state index in [0.717, 1.165) is 30.8 Å². The second kappa shape index (κ2) is 58.1. The standard InChI is InChI=1S/4C18H15P.C17H15FN4OS.C12H12BrN3OS.C11H15BFNO2.CH2O3.2Na.Pd.H/c4*1-4-10-16(11-5-1)19(17-12-6-2-7-13-17)18-14-8-3-9-15-18;1-17(2,23)10-24-13-5-14(11-3-4-15(18)20-7-11)16-12(6-19)8-21-22(16)9-13;1-12(2,17)7-18-9-3-10(13)11-8(4-14)5-15-16(11)6-9;1-10(2)11(3,4)16-12(15-10)8-5-6-9(13)14-7-8;2-1-4-3;;;;/h4*1-15H;3-5,7-9,23H,10H2,1-2H3;3,5-6,17H,7H2,1-2H3;5-7H,1-4H3;1,3H;;;;/q;;;;;;;;2*+1;;-1/p-1. The number of aromatic nitrogens is 6. The molecule has 1 aliphatic heterocycles. The van der Waals surface area contributed by atoms with E-state index < -0.39 is 61.9 Å². The molecular weight excluding hydrogens is 2050 g/mol. The molecule has 0 bridgehead atoms. The van der Waals surface area contributed by atoms with E-state index in [4.69, 9.17) is 24.6 Å². The minimum atomic E-state index is -0.806. The fourth-order valence-corrected chi connectivity index (χ4v) is 25.8. The minimum Gasteiger partial charge on any atom is -1.00 e. The number of benzene rings is 12. The number of hydrogen-bond donors (Lipinski definition) is 2. The first-order valence-electron chi connectivity index (χ1n) is 44.1. The summed E-state index contributed by atoms with van der Waals surface area (Å²) in [5.41, 5.74) is 2.30. The van der Waals surface area contributed by atoms with Crippen LogP contribution in [0.25, 0.3) is 22.2 Å². The Bertz CT molecular complexity index is 5980. The van der Waals surface area contributed by atoms with Crippen LogP contribution in [0.1, 0.15) is 67.9 Å². The molecule has 12 aromatic carbocycles. The number of halogens is 3. The van der Waals surface area contributed by atoms with Crippen molar-refractivity contribution in [3.63, 3.8) is 0 Å². The Morgan fingerprint density at radius 3 is 0.887 bits per heavy atom. The average molecular weight is 2160 g/mol. The third-order valence-electron chi connectivity index (χ3n) is 21.1. The van der Waals surface area contributed by atoms with Gasteiger partial charge in [-0.2, -0.15) is 29.5 Å². The van der Waals surface area contributed by atoms with Gasteiger partial charge in [-0.05, 0) is 197 Å². The Kier molecular flexibility index (Phi) is 47.3. The molecule has 0 aliphatic carbocycles. The van der Waals surface area contributed by atoms with Crippen molar-refractivity contribution < 1.29 is 124 Å². The third-order valence-corrected chi connectivity index (χ3v) is 34.3. The molecule has 0 radical (unpaired) electrons. The summed E-state index contributed by atoms with van der Waals surface area (Å²) in [6.07, 6.45) is 9.59. The molecule has 19 rings (SSSR count). The van der Waals surface area contributed by atoms with Crippen molar-refractivity contribution in [3.05, 3.63) is 465 Å². The van der Waals surface area contributed by atoms with Gasteiger partial charge in [0, 0.05) is 87.6 Å². The molecular formula is C113H104BBrF2N8Na2O7P4PdS2. The van der Waals surface area contributed by atoms with E-state index in [1.54, 1.807) is 66.8 Å². The molecule has 15 nitrogen and oxygen atoms in total. The van der Waals surface area contributed by atoms with Crippen LogP contribution in [0.15, 0.2) is 452 Å². The Morgan fingerprint density at radius 2 is 0.660 bits per heavy atom. The van der Waals surface area contributed by atoms with Crippen molar-refractivity contribution in [3.8, 4) is 23.3 Å². The van der Waals surface area contributed by atoms with Crippen LogP contribution in [0.3, 0.4) is 0 Å². The maximum Gasteiger partial charge on any atom is 1.00 e. The van der Waals surface area contributed by atoms with Gasteiger partial charge >= 0.3 is 66.2 Å². The number of hydrogen-bond acceptors (Lipinski definition) is 15. The van der Waals surface area contributed by atoms with Gasteiger partial charge in [-0.1, -0.05) is 370 Å². The van der Waals surface area contributed by atoms with E-state index in [0.29, 0.717) is 33.7 Å². The van der Waals surface area contributed by atoms with Crippen LogP contribution < -0.4 is 133 Å². The van der Waals surface area contributed by atoms with E-state index >= 15 is 0 Å². The van der Waals surface area contributed by atoms with E-state index in [1.807, 2.05) is 52.2 Å². The molecule has 0 saturated carbocycles. The Hall–Kier alpha value is -9.94. The maximum absolute atomic E-state index is 13.1. The number of nitrogens with zero attached hydrogens (tertiary/aromatic N) is 8. The smallest absolute Gasteiger partial charge is 1.00 e. The fraction of sp³-hybridized carbons (Fsp3) is 0.124. The first-order chi connectivity index (χ1) is 66.8. The molecule has 2 N–H and O–H groups in total. The number of aliphatic hydroxyl groups is 2. The van der Waals surface area contributed by atoms with Crippen molar-refractivity contribution in [1.29, 1.82) is 10.5 Å². The van der Waals surface area contributed by atoms with E-state index in [2.05, 4.69) is 417 Å². The summed E-state index contributed by atoms with van der Waals surface area (Å²) in [4.78, 5) is 20.4. The van der Waals surface area contributed by atoms with Crippen molar-refractivity contribution in [2.24, 2.45) is 0 Å². The van der Waals surface area contributed by atoms with Gasteiger partial charge in [-0.15, -0.1) is 23.5 Å². The Morgan fingerprint density at radius 1 is 0.418 bits per heavy atom. The Labute approximate surface area is 907 Å². The molecule has 0 unspecified atom stereocenters. The molecule has 0 spiro atoms. The topological polar surface area (TPSA) is 216 Å². The van der Waals surface area contributed by atoms with Crippen LogP contribution >= 0.6 is 71.1 Å². The molecule has 1 aliphatic rings. The third kappa shape index (κ3) is 34.7. The quantitative estimate of drug-likeness (QED) is 0.0130. The number of carbonyl (C=O) groups is 1. The summed E-state index contributed by atoms with van der Waals surface area (Å²) < 4.78 is 41.6. The van der Waals surface area contributed by atoms with Crippen molar-refractivity contribution >= 4 is 165 Å². The summed E-state index contributed by atoms with van der Waals surface area (Å²) in [5, 5.41) is 71.5. The normalized spacial score (nSPS) is 11.9. The van der Waals surface area contributed by atoms with Crippen LogP contribution in [0.5, 0.6) is 0 Å². The second-order valence-corrected chi connectivity index (χ2v) is 45.0. The number of rotatable bonds is 21. The summed E-state index contributed by atoms with van der Waals surface area (Å²) in [7, 11) is -2.26. The second-order valence-electron chi connectivity index (χ2n) is 33.2. The molecule has 1 saturated heterocycles. The van der Waals surface area contributed by atoms with E-state index in [9.17, 15) is 24.3 Å². The van der Waals surface area contributed by atoms with Crippen LogP contribution in [-0.4, -0.2) is 86.9 Å². The molecule has 28 heteroatoms. The van der Waals surface area contributed by atoms with E-state index in [-0.39, 0.29) is 98.6 Å². The summed E-state index contributed by atoms with van der Waals surface area (Å²) in [6, 6.07) is 143. The van der Waals surface area contributed by atoms with Crippen LogP contribution in [0.4, 0.5) is 8.78 Å². The molecule has 141 heavy (non-hydrogen) atoms. The molecule has 18 aromatic rings. The summed E-state index contributed by atoms with van der Waals surface area (Å²) in [5.74, 6) is 0.0418. The average Bonchev–Trinajstić information content (AvgIpc) is 1.63. The predicted molar refractivity (Wildman–Crippen MR) is 574 cm³/mol. The SMILES string of the molecule is CC(C)(O)CSc1cc(-c2ccc(F)nc2)c2c(C#N)cnn2c1.CC(C)(O)CSc1cc(Br)c2c(C#N)cnn2c1.CC1(C)OB(c2ccc(F)nc2)OC1(C)C.O=CO[O-].[H-].[Na+].[Na+].[Pd].c1ccc(P(c2ccccc2)c2ccccc2)cc1.c1ccc(P(c2ccccc2)c2ccccc2)cc1.c1ccc(P(c2ccccc2)c2ccccc2)cc1.c1ccc(P(c2ccccc2)c2ccccc2)cc1. The van der Waals surface area contributed by atoms with Gasteiger partial charge in [0.25, 0.3) is 6.47 Å². The minimum absolute atomic E-state index is 0. The zero-order chi connectivity index (χ0) is 97.7. The monoisotopic (exact) mass is 2150 g/mol. The van der Waals surface area contributed by atoms with Gasteiger partial charge in [-0.25, -0.2) is 19.0 Å². The van der Waals surface area contributed by atoms with Gasteiger partial charge in [0.1, 0.15) is 12.1 Å². The number of pyridine rings is 4. The fourth-order valence-electron chi connectivity index (χ4n) is 14.0. The van der Waals surface area contributed by atoms with Crippen LogP contribution in [0.2, 0.25) is 0 Å². The number of nitriles is 2. The molecule has 6 aromatic heterocycles. The number of carbonyl (C=O) groups excluding carboxylic acids is 1. The molecule has 0 atom stereocenters. The van der Waals surface area contributed by atoms with Crippen molar-refractivity contribution in [1.82, 2.24) is 29.2 Å². The zero-order valence-electron chi connectivity index (χ0n) is 80.7. The largest absolute Gasteiger partial charge is 1.00 e. The van der Waals surface area contributed by atoms with Gasteiger partial charge in [0.05, 0.1) is 57.0 Å². The van der Waals surface area contributed by atoms with Gasteiger partial charge in [0.2, 0.25) is 11.9 Å². The molecule has 706 valence electrons. The van der Waals surface area contributed by atoms with Crippen molar-refractivity contribution in [2.75, 3.05) is 11.5 Å². The first kappa shape index (κ1) is 115. The van der Waals surface area contributed by atoms with E-state index in [1.165, 1.54) is 106 Å². The molecule has 1 fully saturated rings. The van der Waals surface area contributed by atoms with Crippen LogP contribution in [-0.2, 0) is 39.4 Å². The van der Waals surface area contributed by atoms with Crippen LogP contribution in [0, 0.1) is 34.6 Å². The van der Waals surface area contributed by atoms with Gasteiger partial charge in [0.15, 0.2) is 0 Å². The van der Waals surface area contributed by atoms with Gasteiger partial charge < -0.3 is 31.1 Å². The number of fused-ring (bicyclic) bond motifs is 2. The first-order valence-corrected chi connectivity index (χ1v) is 52.3. The van der Waals surface area contributed by atoms with Crippen molar-refractivity contribution in [2.45, 2.75) is 87.6 Å². The number of thioether (sulfide) groups is 2. The predicted octanol–water partition coefficient (Wildman–Crippen LogP) is 14.0. The van der Waals surface area contributed by atoms with Gasteiger partial charge in [-0.3, -0.25) is 4.79 Å². The zero-order valence-corrected chi connectivity index (χ0v) is 92.1. The molecule has 0 amide bonds. The summed E-state index contributed by atoms with van der Waals surface area (Å²) >= 11 is 6.48. The Balaban J connectivity index is 0.000000201. The molecule has 7 heterocycles. The maximum atomic E-state index is 13.1. The summed E-state index contributed by atoms with van der Waals surface area (Å²) in [6.45, 7) is 14.8.